The molecule has 0 aliphatic carbocycles. The smallest absolute Gasteiger partial charge is 0.227 e. The first kappa shape index (κ1) is 22.6. The second-order valence-corrected chi connectivity index (χ2v) is 9.28. The summed E-state index contributed by atoms with van der Waals surface area (Å²) in [6.45, 7) is 9.48. The summed E-state index contributed by atoms with van der Waals surface area (Å²) >= 11 is 0. The SMILES string of the molecule is OC1N=C2Nc3cc(CNCCCN4CCNCC4)ccc3OC2=CN1C1CCCNCC1. The number of aliphatic hydroxyl groups is 1. The summed E-state index contributed by atoms with van der Waals surface area (Å²) in [4.78, 5) is 8.97. The van der Waals surface area contributed by atoms with E-state index in [4.69, 9.17) is 4.74 Å². The average Bonchev–Trinajstić information content (AvgIpc) is 3.12. The van der Waals surface area contributed by atoms with Crippen molar-refractivity contribution in [1.82, 2.24) is 25.8 Å². The highest BCUT2D eigenvalue weighted by Crippen LogP contribution is 2.34. The van der Waals surface area contributed by atoms with Crippen molar-refractivity contribution in [3.05, 3.63) is 35.7 Å². The average molecular weight is 456 g/mol. The monoisotopic (exact) mass is 455 g/mol. The molecule has 4 aliphatic rings. The molecule has 2 saturated heterocycles. The molecule has 5 rings (SSSR count). The maximum atomic E-state index is 10.7. The van der Waals surface area contributed by atoms with Crippen molar-refractivity contribution in [1.29, 1.82) is 0 Å². The fourth-order valence-corrected chi connectivity index (χ4v) is 4.99. The second-order valence-electron chi connectivity index (χ2n) is 9.28. The molecule has 0 radical (unpaired) electrons. The zero-order valence-corrected chi connectivity index (χ0v) is 19.4. The van der Waals surface area contributed by atoms with Crippen molar-refractivity contribution < 1.29 is 9.84 Å². The molecule has 0 aromatic heterocycles. The van der Waals surface area contributed by atoms with Crippen LogP contribution in [0.25, 0.3) is 0 Å². The second kappa shape index (κ2) is 10.8. The van der Waals surface area contributed by atoms with Gasteiger partial charge in [0.2, 0.25) is 6.35 Å². The van der Waals surface area contributed by atoms with Gasteiger partial charge in [0, 0.05) is 38.8 Å². The van der Waals surface area contributed by atoms with Crippen LogP contribution in [0.1, 0.15) is 31.2 Å². The molecule has 33 heavy (non-hydrogen) atoms. The molecular weight excluding hydrogens is 418 g/mol. The summed E-state index contributed by atoms with van der Waals surface area (Å²) in [5.41, 5.74) is 2.09. The number of hydrogen-bond donors (Lipinski definition) is 5. The van der Waals surface area contributed by atoms with Gasteiger partial charge in [0.1, 0.15) is 0 Å². The van der Waals surface area contributed by atoms with Crippen LogP contribution in [0.3, 0.4) is 0 Å². The van der Waals surface area contributed by atoms with Gasteiger partial charge in [0.05, 0.1) is 11.9 Å². The zero-order valence-electron chi connectivity index (χ0n) is 19.4. The third kappa shape index (κ3) is 5.67. The quantitative estimate of drug-likeness (QED) is 0.386. The minimum Gasteiger partial charge on any atom is -0.450 e. The molecule has 180 valence electrons. The van der Waals surface area contributed by atoms with Crippen molar-refractivity contribution in [2.45, 2.75) is 44.6 Å². The molecule has 1 aromatic rings. The molecule has 4 heterocycles. The van der Waals surface area contributed by atoms with Crippen molar-refractivity contribution in [3.8, 4) is 5.75 Å². The van der Waals surface area contributed by atoms with Crippen LogP contribution in [-0.4, -0.2) is 85.5 Å². The van der Waals surface area contributed by atoms with E-state index >= 15 is 0 Å². The van der Waals surface area contributed by atoms with Gasteiger partial charge in [-0.15, -0.1) is 0 Å². The molecule has 0 spiro atoms. The number of rotatable bonds is 7. The largest absolute Gasteiger partial charge is 0.450 e. The van der Waals surface area contributed by atoms with Gasteiger partial charge in [-0.05, 0) is 69.6 Å². The topological polar surface area (TPSA) is 96.4 Å². The molecule has 5 N–H and O–H groups in total. The van der Waals surface area contributed by atoms with E-state index in [1.807, 2.05) is 17.2 Å². The van der Waals surface area contributed by atoms with Crippen LogP contribution < -0.4 is 26.0 Å². The third-order valence-corrected chi connectivity index (χ3v) is 6.86. The standard InChI is InChI=1S/C24H37N7O2/c32-24-29-23-22(17-31(24)19-3-1-7-25-9-6-19)33-21-5-4-18(15-20(21)28-23)16-27-8-2-12-30-13-10-26-11-14-30/h4-5,15,17,19,24-27,32H,1-3,6-14,16H2,(H,28,29). The predicted octanol–water partition coefficient (Wildman–Crippen LogP) is 0.849. The van der Waals surface area contributed by atoms with Gasteiger partial charge in [-0.1, -0.05) is 6.07 Å². The predicted molar refractivity (Wildman–Crippen MR) is 130 cm³/mol. The molecule has 2 unspecified atom stereocenters. The molecule has 0 amide bonds. The van der Waals surface area contributed by atoms with E-state index in [1.165, 1.54) is 5.56 Å². The zero-order chi connectivity index (χ0) is 22.5. The van der Waals surface area contributed by atoms with Crippen LogP contribution in [0, 0.1) is 0 Å². The number of aliphatic hydroxyl groups excluding tert-OH is 1. The highest BCUT2D eigenvalue weighted by molar-refractivity contribution is 6.09. The van der Waals surface area contributed by atoms with Crippen molar-refractivity contribution in [2.75, 3.05) is 57.7 Å². The number of anilines is 1. The number of amidine groups is 1. The number of fused-ring (bicyclic) bond motifs is 2. The summed E-state index contributed by atoms with van der Waals surface area (Å²) in [6.07, 6.45) is 5.32. The molecule has 9 nitrogen and oxygen atoms in total. The molecule has 0 bridgehead atoms. The Morgan fingerprint density at radius 3 is 2.91 bits per heavy atom. The van der Waals surface area contributed by atoms with Crippen molar-refractivity contribution in [2.24, 2.45) is 4.99 Å². The summed E-state index contributed by atoms with van der Waals surface area (Å²) in [5.74, 6) is 2.06. The van der Waals surface area contributed by atoms with Gasteiger partial charge in [0.15, 0.2) is 17.3 Å². The Kier molecular flexibility index (Phi) is 7.43. The lowest BCUT2D eigenvalue weighted by atomic mass is 10.1. The Morgan fingerprint density at radius 1 is 1.12 bits per heavy atom. The van der Waals surface area contributed by atoms with Gasteiger partial charge < -0.3 is 40.9 Å². The molecule has 4 aliphatic heterocycles. The number of aliphatic imine (C=N–C) groups is 1. The number of benzene rings is 1. The first-order valence-corrected chi connectivity index (χ1v) is 12.4. The fraction of sp³-hybridized carbons (Fsp3) is 0.625. The minimum absolute atomic E-state index is 0.262. The first-order valence-electron chi connectivity index (χ1n) is 12.4. The lowest BCUT2D eigenvalue weighted by molar-refractivity contribution is 0.00941. The normalized spacial score (nSPS) is 25.7. The van der Waals surface area contributed by atoms with Crippen LogP contribution in [0.15, 0.2) is 35.2 Å². The van der Waals surface area contributed by atoms with Gasteiger partial charge in [-0.2, -0.15) is 0 Å². The first-order chi connectivity index (χ1) is 16.3. The Hall–Kier alpha value is -2.17. The third-order valence-electron chi connectivity index (χ3n) is 6.86. The highest BCUT2D eigenvalue weighted by atomic mass is 16.5. The van der Waals surface area contributed by atoms with Crippen LogP contribution in [0.2, 0.25) is 0 Å². The van der Waals surface area contributed by atoms with E-state index < -0.39 is 6.35 Å². The number of nitrogens with zero attached hydrogens (tertiary/aromatic N) is 3. The summed E-state index contributed by atoms with van der Waals surface area (Å²) in [7, 11) is 0. The van der Waals surface area contributed by atoms with E-state index in [0.29, 0.717) is 11.6 Å². The minimum atomic E-state index is -0.884. The molecule has 9 heteroatoms. The van der Waals surface area contributed by atoms with Crippen LogP contribution in [0.4, 0.5) is 5.69 Å². The lowest BCUT2D eigenvalue weighted by Crippen LogP contribution is -2.44. The number of nitrogens with one attached hydrogen (secondary N) is 4. The molecule has 1 aromatic carbocycles. The van der Waals surface area contributed by atoms with Crippen molar-refractivity contribution in [3.63, 3.8) is 0 Å². The number of hydrogen-bond acceptors (Lipinski definition) is 9. The van der Waals surface area contributed by atoms with Gasteiger partial charge in [0.25, 0.3) is 0 Å². The molecule has 2 fully saturated rings. The van der Waals surface area contributed by atoms with E-state index in [9.17, 15) is 5.11 Å². The molecular formula is C24H37N7O2. The Balaban J connectivity index is 1.15. The summed E-state index contributed by atoms with van der Waals surface area (Å²) in [5, 5.41) is 24.4. The van der Waals surface area contributed by atoms with E-state index in [2.05, 4.69) is 43.3 Å². The lowest BCUT2D eigenvalue weighted by Gasteiger charge is -2.37. The van der Waals surface area contributed by atoms with Gasteiger partial charge in [-0.3, -0.25) is 0 Å². The van der Waals surface area contributed by atoms with E-state index in [-0.39, 0.29) is 6.04 Å². The van der Waals surface area contributed by atoms with Crippen LogP contribution in [-0.2, 0) is 6.54 Å². The Labute approximate surface area is 196 Å². The van der Waals surface area contributed by atoms with Crippen molar-refractivity contribution >= 4 is 11.5 Å². The molecule has 2 atom stereocenters. The maximum Gasteiger partial charge on any atom is 0.227 e. The maximum absolute atomic E-state index is 10.7. The van der Waals surface area contributed by atoms with E-state index in [0.717, 1.165) is 96.0 Å². The van der Waals surface area contributed by atoms with Gasteiger partial charge in [-0.25, -0.2) is 4.99 Å². The number of piperazine rings is 1. The number of ether oxygens (including phenoxy) is 1. The van der Waals surface area contributed by atoms with Gasteiger partial charge >= 0.3 is 0 Å². The summed E-state index contributed by atoms with van der Waals surface area (Å²) < 4.78 is 6.17. The Morgan fingerprint density at radius 2 is 2.00 bits per heavy atom. The Bertz CT molecular complexity index is 860. The van der Waals surface area contributed by atoms with Crippen LogP contribution in [0.5, 0.6) is 5.75 Å². The highest BCUT2D eigenvalue weighted by Gasteiger charge is 2.31. The van der Waals surface area contributed by atoms with Crippen LogP contribution >= 0.6 is 0 Å². The fourth-order valence-electron chi connectivity index (χ4n) is 4.99. The van der Waals surface area contributed by atoms with E-state index in [1.54, 1.807) is 0 Å². The molecule has 0 saturated carbocycles. The summed E-state index contributed by atoms with van der Waals surface area (Å²) in [6, 6.07) is 6.49.